The summed E-state index contributed by atoms with van der Waals surface area (Å²) in [7, 11) is 0. The fourth-order valence-corrected chi connectivity index (χ4v) is 2.50. The quantitative estimate of drug-likeness (QED) is 0.709. The number of anilines is 1. The summed E-state index contributed by atoms with van der Waals surface area (Å²) in [5, 5.41) is 7.56. The predicted octanol–water partition coefficient (Wildman–Crippen LogP) is 4.05. The lowest BCUT2D eigenvalue weighted by Crippen LogP contribution is -2.20. The molecule has 1 amide bonds. The van der Waals surface area contributed by atoms with Crippen molar-refractivity contribution in [2.24, 2.45) is 0 Å². The van der Waals surface area contributed by atoms with Gasteiger partial charge >= 0.3 is 0 Å². The molecule has 0 unspecified atom stereocenters. The molecule has 0 spiro atoms. The largest absolute Gasteiger partial charge is 0.484 e. The molecule has 0 fully saturated rings. The monoisotopic (exact) mass is 373 g/mol. The van der Waals surface area contributed by atoms with Gasteiger partial charge in [0.25, 0.3) is 5.91 Å². The average molecular weight is 374 g/mol. The molecule has 0 aliphatic carbocycles. The standard InChI is InChI=1S/C19H17ClFN3O2/c1-13-10-18(23-24(13)11-14-4-2-3-5-17(14)21)22-19(25)12-26-16-8-6-15(20)7-9-16/h2-10H,11-12H2,1H3,(H,22,23,25). The Morgan fingerprint density at radius 2 is 1.96 bits per heavy atom. The summed E-state index contributed by atoms with van der Waals surface area (Å²) in [5.74, 6) is 0.314. The second-order valence-electron chi connectivity index (χ2n) is 5.71. The molecule has 1 heterocycles. The summed E-state index contributed by atoms with van der Waals surface area (Å²) in [6.07, 6.45) is 0. The Morgan fingerprint density at radius 1 is 1.23 bits per heavy atom. The van der Waals surface area contributed by atoms with Crippen LogP contribution in [0.4, 0.5) is 10.2 Å². The van der Waals surface area contributed by atoms with E-state index in [9.17, 15) is 9.18 Å². The van der Waals surface area contributed by atoms with Gasteiger partial charge in [-0.2, -0.15) is 5.10 Å². The van der Waals surface area contributed by atoms with Crippen LogP contribution >= 0.6 is 11.6 Å². The van der Waals surface area contributed by atoms with Crippen molar-refractivity contribution < 1.29 is 13.9 Å². The van der Waals surface area contributed by atoms with Crippen molar-refractivity contribution in [3.8, 4) is 5.75 Å². The summed E-state index contributed by atoms with van der Waals surface area (Å²) in [4.78, 5) is 12.0. The van der Waals surface area contributed by atoms with E-state index in [-0.39, 0.29) is 24.9 Å². The number of carbonyl (C=O) groups is 1. The number of rotatable bonds is 6. The molecule has 0 aliphatic rings. The highest BCUT2D eigenvalue weighted by atomic mass is 35.5. The van der Waals surface area contributed by atoms with Crippen LogP contribution in [-0.4, -0.2) is 22.3 Å². The zero-order valence-corrected chi connectivity index (χ0v) is 14.8. The average Bonchev–Trinajstić information content (AvgIpc) is 2.95. The van der Waals surface area contributed by atoms with Crippen molar-refractivity contribution >= 4 is 23.3 Å². The van der Waals surface area contributed by atoms with Crippen molar-refractivity contribution in [1.29, 1.82) is 0 Å². The second kappa shape index (κ2) is 8.01. The van der Waals surface area contributed by atoms with E-state index >= 15 is 0 Å². The highest BCUT2D eigenvalue weighted by Gasteiger charge is 2.10. The van der Waals surface area contributed by atoms with Crippen LogP contribution in [0.2, 0.25) is 5.02 Å². The highest BCUT2D eigenvalue weighted by molar-refractivity contribution is 6.30. The van der Waals surface area contributed by atoms with Crippen molar-refractivity contribution in [2.45, 2.75) is 13.5 Å². The molecule has 2 aromatic carbocycles. The maximum absolute atomic E-state index is 13.8. The third-order valence-corrected chi connectivity index (χ3v) is 3.96. The van der Waals surface area contributed by atoms with E-state index in [1.165, 1.54) is 6.07 Å². The minimum Gasteiger partial charge on any atom is -0.484 e. The zero-order valence-electron chi connectivity index (χ0n) is 14.1. The van der Waals surface area contributed by atoms with E-state index in [2.05, 4.69) is 10.4 Å². The molecule has 134 valence electrons. The van der Waals surface area contributed by atoms with Crippen LogP contribution in [0, 0.1) is 12.7 Å². The number of hydrogen-bond acceptors (Lipinski definition) is 3. The van der Waals surface area contributed by atoms with E-state index in [1.807, 2.05) is 6.92 Å². The fourth-order valence-electron chi connectivity index (χ4n) is 2.38. The van der Waals surface area contributed by atoms with Gasteiger partial charge in [-0.25, -0.2) is 4.39 Å². The zero-order chi connectivity index (χ0) is 18.5. The summed E-state index contributed by atoms with van der Waals surface area (Å²) >= 11 is 5.80. The van der Waals surface area contributed by atoms with Gasteiger partial charge in [0.05, 0.1) is 6.54 Å². The molecular weight excluding hydrogens is 357 g/mol. The van der Waals surface area contributed by atoms with Crippen molar-refractivity contribution in [1.82, 2.24) is 9.78 Å². The van der Waals surface area contributed by atoms with Crippen LogP contribution < -0.4 is 10.1 Å². The normalized spacial score (nSPS) is 10.6. The summed E-state index contributed by atoms with van der Waals surface area (Å²) in [6.45, 7) is 1.98. The number of ether oxygens (including phenoxy) is 1. The summed E-state index contributed by atoms with van der Waals surface area (Å²) < 4.78 is 20.8. The molecule has 5 nitrogen and oxygen atoms in total. The lowest BCUT2D eigenvalue weighted by Gasteiger charge is -2.06. The predicted molar refractivity (Wildman–Crippen MR) is 98.0 cm³/mol. The van der Waals surface area contributed by atoms with Gasteiger partial charge in [0, 0.05) is 22.3 Å². The van der Waals surface area contributed by atoms with Gasteiger partial charge in [0.15, 0.2) is 12.4 Å². The number of halogens is 2. The van der Waals surface area contributed by atoms with E-state index in [0.29, 0.717) is 22.2 Å². The molecular formula is C19H17ClFN3O2. The van der Waals surface area contributed by atoms with Crippen LogP contribution in [0.3, 0.4) is 0 Å². The lowest BCUT2D eigenvalue weighted by molar-refractivity contribution is -0.118. The molecule has 7 heteroatoms. The number of nitrogens with zero attached hydrogens (tertiary/aromatic N) is 2. The number of benzene rings is 2. The molecule has 0 saturated carbocycles. The SMILES string of the molecule is Cc1cc(NC(=O)COc2ccc(Cl)cc2)nn1Cc1ccccc1F. The van der Waals surface area contributed by atoms with Gasteiger partial charge in [0.1, 0.15) is 11.6 Å². The molecule has 3 aromatic rings. The molecule has 1 aromatic heterocycles. The first-order valence-corrected chi connectivity index (χ1v) is 8.35. The Bertz CT molecular complexity index is 909. The number of aryl methyl sites for hydroxylation is 1. The van der Waals surface area contributed by atoms with Crippen LogP contribution in [0.15, 0.2) is 54.6 Å². The minimum absolute atomic E-state index is 0.152. The van der Waals surface area contributed by atoms with Gasteiger partial charge in [0.2, 0.25) is 0 Å². The molecule has 0 atom stereocenters. The maximum Gasteiger partial charge on any atom is 0.263 e. The Balaban J connectivity index is 1.59. The molecule has 0 saturated heterocycles. The number of carbonyl (C=O) groups excluding carboxylic acids is 1. The van der Waals surface area contributed by atoms with Crippen LogP contribution in [0.25, 0.3) is 0 Å². The molecule has 0 aliphatic heterocycles. The van der Waals surface area contributed by atoms with Gasteiger partial charge in [-0.1, -0.05) is 29.8 Å². The van der Waals surface area contributed by atoms with Gasteiger partial charge < -0.3 is 10.1 Å². The fraction of sp³-hybridized carbons (Fsp3) is 0.158. The highest BCUT2D eigenvalue weighted by Crippen LogP contribution is 2.16. The second-order valence-corrected chi connectivity index (χ2v) is 6.15. The van der Waals surface area contributed by atoms with Gasteiger partial charge in [-0.3, -0.25) is 9.48 Å². The molecule has 0 radical (unpaired) electrons. The summed E-state index contributed by atoms with van der Waals surface area (Å²) in [6, 6.07) is 15.0. The number of nitrogens with one attached hydrogen (secondary N) is 1. The number of hydrogen-bond donors (Lipinski definition) is 1. The topological polar surface area (TPSA) is 56.1 Å². The van der Waals surface area contributed by atoms with Crippen molar-refractivity contribution in [3.63, 3.8) is 0 Å². The van der Waals surface area contributed by atoms with Gasteiger partial charge in [-0.05, 0) is 37.3 Å². The van der Waals surface area contributed by atoms with Gasteiger partial charge in [-0.15, -0.1) is 0 Å². The van der Waals surface area contributed by atoms with Crippen molar-refractivity contribution in [2.75, 3.05) is 11.9 Å². The Hall–Kier alpha value is -2.86. The van der Waals surface area contributed by atoms with Crippen LogP contribution in [-0.2, 0) is 11.3 Å². The molecule has 0 bridgehead atoms. The van der Waals surface area contributed by atoms with Crippen LogP contribution in [0.1, 0.15) is 11.3 Å². The van der Waals surface area contributed by atoms with E-state index < -0.39 is 0 Å². The van der Waals surface area contributed by atoms with E-state index in [0.717, 1.165) is 5.69 Å². The maximum atomic E-state index is 13.8. The number of amides is 1. The first kappa shape index (κ1) is 17.9. The minimum atomic E-state index is -0.338. The first-order valence-electron chi connectivity index (χ1n) is 7.97. The molecule has 1 N–H and O–H groups in total. The Labute approximate surface area is 155 Å². The number of aromatic nitrogens is 2. The van der Waals surface area contributed by atoms with E-state index in [4.69, 9.17) is 16.3 Å². The molecule has 26 heavy (non-hydrogen) atoms. The van der Waals surface area contributed by atoms with Crippen molar-refractivity contribution in [3.05, 3.63) is 76.7 Å². The Kier molecular flexibility index (Phi) is 5.53. The molecule has 3 rings (SSSR count). The lowest BCUT2D eigenvalue weighted by atomic mass is 10.2. The smallest absolute Gasteiger partial charge is 0.263 e. The summed E-state index contributed by atoms with van der Waals surface area (Å²) in [5.41, 5.74) is 1.34. The third kappa shape index (κ3) is 4.61. The van der Waals surface area contributed by atoms with E-state index in [1.54, 1.807) is 53.2 Å². The first-order chi connectivity index (χ1) is 12.5. The van der Waals surface area contributed by atoms with Crippen LogP contribution in [0.5, 0.6) is 5.75 Å². The Morgan fingerprint density at radius 3 is 2.69 bits per heavy atom. The third-order valence-electron chi connectivity index (χ3n) is 3.71.